The van der Waals surface area contributed by atoms with Crippen molar-refractivity contribution in [1.29, 1.82) is 0 Å². The number of fused-ring (bicyclic) bond motifs is 1. The summed E-state index contributed by atoms with van der Waals surface area (Å²) in [5, 5.41) is 4.40. The fourth-order valence-electron chi connectivity index (χ4n) is 1.42. The van der Waals surface area contributed by atoms with Gasteiger partial charge in [0.25, 0.3) is 0 Å². The quantitative estimate of drug-likeness (QED) is 0.781. The fourth-order valence-corrected chi connectivity index (χ4v) is 1.42. The zero-order valence-corrected chi connectivity index (χ0v) is 8.22. The topological polar surface area (TPSA) is 56.2 Å². The van der Waals surface area contributed by atoms with Crippen molar-refractivity contribution < 1.29 is 0 Å². The summed E-state index contributed by atoms with van der Waals surface area (Å²) in [4.78, 5) is 4.20. The summed E-state index contributed by atoms with van der Waals surface area (Å²) in [6.45, 7) is 2.82. The molecular weight excluding hydrogens is 176 g/mol. The largest absolute Gasteiger partial charge is 0.330 e. The van der Waals surface area contributed by atoms with E-state index in [9.17, 15) is 0 Å². The third kappa shape index (κ3) is 1.75. The van der Waals surface area contributed by atoms with Gasteiger partial charge in [0.1, 0.15) is 0 Å². The zero-order valence-electron chi connectivity index (χ0n) is 8.22. The van der Waals surface area contributed by atoms with Gasteiger partial charge in [-0.3, -0.25) is 0 Å². The first kappa shape index (κ1) is 9.15. The molecule has 0 radical (unpaired) electrons. The highest BCUT2D eigenvalue weighted by Crippen LogP contribution is 2.07. The van der Waals surface area contributed by atoms with Crippen molar-refractivity contribution in [2.75, 3.05) is 6.54 Å². The number of rotatable bonds is 3. The Hall–Kier alpha value is -1.42. The van der Waals surface area contributed by atoms with E-state index in [-0.39, 0.29) is 0 Å². The molecule has 1 atom stereocenters. The molecule has 0 aliphatic carbocycles. The molecule has 2 aromatic heterocycles. The first-order valence-electron chi connectivity index (χ1n) is 4.79. The average Bonchev–Trinajstić information content (AvgIpc) is 2.59. The lowest BCUT2D eigenvalue weighted by Crippen LogP contribution is -2.13. The van der Waals surface area contributed by atoms with Crippen LogP contribution in [0.1, 0.15) is 12.6 Å². The second-order valence-corrected chi connectivity index (χ2v) is 3.60. The summed E-state index contributed by atoms with van der Waals surface area (Å²) in [7, 11) is 0. The molecular formula is C10H14N4. The Balaban J connectivity index is 2.27. The number of hydrogen-bond donors (Lipinski definition) is 1. The van der Waals surface area contributed by atoms with Crippen molar-refractivity contribution in [2.24, 2.45) is 11.7 Å². The third-order valence-electron chi connectivity index (χ3n) is 2.25. The maximum absolute atomic E-state index is 5.56. The molecule has 14 heavy (non-hydrogen) atoms. The van der Waals surface area contributed by atoms with E-state index in [2.05, 4.69) is 17.0 Å². The van der Waals surface area contributed by atoms with Crippen molar-refractivity contribution in [2.45, 2.75) is 13.3 Å². The molecule has 2 aromatic rings. The molecule has 2 heterocycles. The maximum Gasteiger partial charge on any atom is 0.155 e. The lowest BCUT2D eigenvalue weighted by Gasteiger charge is -2.03. The second-order valence-electron chi connectivity index (χ2n) is 3.60. The van der Waals surface area contributed by atoms with Crippen molar-refractivity contribution in [1.82, 2.24) is 14.6 Å². The fraction of sp³-hybridized carbons (Fsp3) is 0.400. The molecule has 0 saturated carbocycles. The second kappa shape index (κ2) is 3.75. The summed E-state index contributed by atoms with van der Waals surface area (Å²) < 4.78 is 1.79. The minimum atomic E-state index is 0.472. The molecule has 4 nitrogen and oxygen atoms in total. The normalized spacial score (nSPS) is 13.3. The van der Waals surface area contributed by atoms with Crippen LogP contribution in [0.15, 0.2) is 24.5 Å². The van der Waals surface area contributed by atoms with E-state index in [4.69, 9.17) is 5.73 Å². The van der Waals surface area contributed by atoms with E-state index in [1.165, 1.54) is 0 Å². The lowest BCUT2D eigenvalue weighted by molar-refractivity contribution is 0.581. The van der Waals surface area contributed by atoms with Crippen molar-refractivity contribution in [3.05, 3.63) is 30.2 Å². The number of aromatic nitrogens is 3. The summed E-state index contributed by atoms with van der Waals surface area (Å²) >= 11 is 0. The van der Waals surface area contributed by atoms with E-state index in [1.54, 1.807) is 10.7 Å². The highest BCUT2D eigenvalue weighted by Gasteiger charge is 2.05. The zero-order chi connectivity index (χ0) is 9.97. The molecule has 0 aromatic carbocycles. The van der Waals surface area contributed by atoms with E-state index < -0.39 is 0 Å². The molecule has 0 fully saturated rings. The molecule has 74 valence electrons. The molecule has 2 rings (SSSR count). The predicted molar refractivity (Wildman–Crippen MR) is 54.9 cm³/mol. The Morgan fingerprint density at radius 2 is 2.43 bits per heavy atom. The summed E-state index contributed by atoms with van der Waals surface area (Å²) in [5.74, 6) is 0.472. The van der Waals surface area contributed by atoms with Gasteiger partial charge in [-0.15, -0.1) is 0 Å². The molecule has 0 spiro atoms. The van der Waals surface area contributed by atoms with Gasteiger partial charge in [-0.1, -0.05) is 6.92 Å². The molecule has 0 aliphatic heterocycles. The molecule has 0 aliphatic rings. The third-order valence-corrected chi connectivity index (χ3v) is 2.25. The smallest absolute Gasteiger partial charge is 0.155 e. The van der Waals surface area contributed by atoms with Gasteiger partial charge >= 0.3 is 0 Å². The number of hydrogen-bond acceptors (Lipinski definition) is 3. The molecule has 0 bridgehead atoms. The van der Waals surface area contributed by atoms with Crippen LogP contribution < -0.4 is 5.73 Å². The van der Waals surface area contributed by atoms with Gasteiger partial charge in [-0.25, -0.2) is 9.50 Å². The van der Waals surface area contributed by atoms with E-state index in [0.29, 0.717) is 12.5 Å². The van der Waals surface area contributed by atoms with Crippen LogP contribution in [0.25, 0.3) is 5.65 Å². The van der Waals surface area contributed by atoms with Gasteiger partial charge in [0, 0.05) is 18.5 Å². The Morgan fingerprint density at radius 3 is 3.14 bits per heavy atom. The first-order chi connectivity index (χ1) is 6.79. The van der Waals surface area contributed by atoms with E-state index in [1.807, 2.05) is 18.3 Å². The van der Waals surface area contributed by atoms with Crippen LogP contribution in [0.5, 0.6) is 0 Å². The Labute approximate surface area is 82.8 Å². The molecule has 4 heteroatoms. The monoisotopic (exact) mass is 190 g/mol. The highest BCUT2D eigenvalue weighted by atomic mass is 15.2. The van der Waals surface area contributed by atoms with Crippen LogP contribution in [-0.4, -0.2) is 21.1 Å². The van der Waals surface area contributed by atoms with Crippen LogP contribution in [0.4, 0.5) is 0 Å². The van der Waals surface area contributed by atoms with Crippen LogP contribution in [0.2, 0.25) is 0 Å². The first-order valence-corrected chi connectivity index (χ1v) is 4.79. The minimum absolute atomic E-state index is 0.472. The SMILES string of the molecule is CC(CN)Cc1cc2ncccn2n1. The Kier molecular flexibility index (Phi) is 2.45. The summed E-state index contributed by atoms with van der Waals surface area (Å²) in [5.41, 5.74) is 7.52. The molecule has 0 amide bonds. The van der Waals surface area contributed by atoms with Crippen LogP contribution >= 0.6 is 0 Å². The van der Waals surface area contributed by atoms with E-state index >= 15 is 0 Å². The van der Waals surface area contributed by atoms with Gasteiger partial charge < -0.3 is 5.73 Å². The Bertz CT molecular complexity index is 388. The van der Waals surface area contributed by atoms with Gasteiger partial charge in [-0.2, -0.15) is 5.10 Å². The van der Waals surface area contributed by atoms with Gasteiger partial charge in [0.05, 0.1) is 5.69 Å². The minimum Gasteiger partial charge on any atom is -0.330 e. The highest BCUT2D eigenvalue weighted by molar-refractivity contribution is 5.38. The molecule has 2 N–H and O–H groups in total. The van der Waals surface area contributed by atoms with Crippen molar-refractivity contribution >= 4 is 5.65 Å². The summed E-state index contributed by atoms with van der Waals surface area (Å²) in [6, 6.07) is 3.88. The van der Waals surface area contributed by atoms with Gasteiger partial charge in [0.2, 0.25) is 0 Å². The van der Waals surface area contributed by atoms with Crippen LogP contribution in [0, 0.1) is 5.92 Å². The van der Waals surface area contributed by atoms with Crippen LogP contribution in [-0.2, 0) is 6.42 Å². The molecule has 0 saturated heterocycles. The van der Waals surface area contributed by atoms with Crippen LogP contribution in [0.3, 0.4) is 0 Å². The standard InChI is InChI=1S/C10H14N4/c1-8(7-11)5-9-6-10-12-3-2-4-14(10)13-9/h2-4,6,8H,5,7,11H2,1H3. The number of nitrogens with two attached hydrogens (primary N) is 1. The average molecular weight is 190 g/mol. The predicted octanol–water partition coefficient (Wildman–Crippen LogP) is 0.867. The number of nitrogens with zero attached hydrogens (tertiary/aromatic N) is 3. The maximum atomic E-state index is 5.56. The summed E-state index contributed by atoms with van der Waals surface area (Å²) in [6.07, 6.45) is 4.59. The van der Waals surface area contributed by atoms with Crippen molar-refractivity contribution in [3.8, 4) is 0 Å². The Morgan fingerprint density at radius 1 is 1.57 bits per heavy atom. The van der Waals surface area contributed by atoms with Gasteiger partial charge in [0.15, 0.2) is 5.65 Å². The lowest BCUT2D eigenvalue weighted by atomic mass is 10.1. The van der Waals surface area contributed by atoms with Gasteiger partial charge in [-0.05, 0) is 24.9 Å². The van der Waals surface area contributed by atoms with E-state index in [0.717, 1.165) is 17.8 Å². The molecule has 1 unspecified atom stereocenters. The van der Waals surface area contributed by atoms with Crippen molar-refractivity contribution in [3.63, 3.8) is 0 Å².